The van der Waals surface area contributed by atoms with E-state index in [0.29, 0.717) is 5.92 Å². The third-order valence-electron chi connectivity index (χ3n) is 4.06. The molecule has 0 radical (unpaired) electrons. The molecular weight excluding hydrogens is 405 g/mol. The summed E-state index contributed by atoms with van der Waals surface area (Å²) in [5.41, 5.74) is 2.11. The maximum atomic E-state index is 12.3. The number of amides is 2. The first kappa shape index (κ1) is 22.7. The molecule has 2 rings (SSSR count). The van der Waals surface area contributed by atoms with E-state index in [4.69, 9.17) is 0 Å². The quantitative estimate of drug-likeness (QED) is 0.637. The summed E-state index contributed by atoms with van der Waals surface area (Å²) in [5.74, 6) is 0.0504. The summed E-state index contributed by atoms with van der Waals surface area (Å²) in [7, 11) is 0. The Morgan fingerprint density at radius 1 is 1.10 bits per heavy atom. The van der Waals surface area contributed by atoms with Crippen LogP contribution in [0.3, 0.4) is 0 Å². The van der Waals surface area contributed by atoms with Gasteiger partial charge in [0.25, 0.3) is 0 Å². The lowest BCUT2D eigenvalue weighted by molar-refractivity contribution is -0.160. The molecule has 29 heavy (non-hydrogen) atoms. The van der Waals surface area contributed by atoms with E-state index < -0.39 is 18.9 Å². The van der Waals surface area contributed by atoms with Crippen molar-refractivity contribution in [3.8, 4) is 0 Å². The van der Waals surface area contributed by atoms with Gasteiger partial charge in [0, 0.05) is 17.8 Å². The van der Waals surface area contributed by atoms with E-state index in [1.165, 1.54) is 16.9 Å². The summed E-state index contributed by atoms with van der Waals surface area (Å²) in [4.78, 5) is 24.5. The number of hydrogen-bond acceptors (Lipinski definition) is 4. The fraction of sp³-hybridized carbons (Fsp3) is 0.400. The number of ether oxygens (including phenoxy) is 1. The predicted octanol–water partition coefficient (Wildman–Crippen LogP) is 4.76. The number of carbonyl (C=O) groups excluding carboxylic acids is 2. The van der Waals surface area contributed by atoms with Crippen molar-refractivity contribution < 1.29 is 27.5 Å². The van der Waals surface area contributed by atoms with Gasteiger partial charge in [-0.05, 0) is 28.5 Å². The molecule has 9 heteroatoms. The number of thiophene rings is 1. The Balaban J connectivity index is 1.92. The Kier molecular flexibility index (Phi) is 8.07. The fourth-order valence-electron chi connectivity index (χ4n) is 2.56. The second-order valence-electron chi connectivity index (χ2n) is 6.71. The zero-order chi connectivity index (χ0) is 21.4. The number of benzene rings is 1. The summed E-state index contributed by atoms with van der Waals surface area (Å²) in [6.45, 7) is 2.39. The number of rotatable bonds is 8. The number of nitrogens with one attached hydrogen (secondary N) is 2. The first-order chi connectivity index (χ1) is 13.7. The van der Waals surface area contributed by atoms with Crippen molar-refractivity contribution in [1.29, 1.82) is 0 Å². The SMILES string of the molecule is CC(C)c1ccc(C(NC(=O)CCNC(=O)OCC(F)(F)F)c2cccs2)cc1. The van der Waals surface area contributed by atoms with E-state index in [-0.39, 0.29) is 24.9 Å². The molecule has 0 saturated heterocycles. The van der Waals surface area contributed by atoms with E-state index in [1.807, 2.05) is 41.8 Å². The minimum Gasteiger partial charge on any atom is -0.440 e. The Bertz CT molecular complexity index is 790. The summed E-state index contributed by atoms with van der Waals surface area (Å²) in [5, 5.41) is 6.96. The first-order valence-corrected chi connectivity index (χ1v) is 9.93. The van der Waals surface area contributed by atoms with Gasteiger partial charge in [-0.3, -0.25) is 4.79 Å². The minimum absolute atomic E-state index is 0.0902. The normalized spacial score (nSPS) is 12.5. The summed E-state index contributed by atoms with van der Waals surface area (Å²) in [6.07, 6.45) is -5.89. The average Bonchev–Trinajstić information content (AvgIpc) is 3.18. The van der Waals surface area contributed by atoms with Crippen LogP contribution in [0.15, 0.2) is 41.8 Å². The maximum Gasteiger partial charge on any atom is 0.422 e. The number of carbonyl (C=O) groups is 2. The van der Waals surface area contributed by atoms with Crippen LogP contribution in [0.4, 0.5) is 18.0 Å². The summed E-state index contributed by atoms with van der Waals surface area (Å²) >= 11 is 1.50. The summed E-state index contributed by atoms with van der Waals surface area (Å²) < 4.78 is 40.0. The molecule has 2 N–H and O–H groups in total. The van der Waals surface area contributed by atoms with Crippen molar-refractivity contribution in [3.63, 3.8) is 0 Å². The molecule has 0 saturated carbocycles. The van der Waals surface area contributed by atoms with Crippen LogP contribution in [0, 0.1) is 0 Å². The molecule has 1 unspecified atom stereocenters. The lowest BCUT2D eigenvalue weighted by atomic mass is 9.98. The largest absolute Gasteiger partial charge is 0.440 e. The third kappa shape index (κ3) is 7.77. The highest BCUT2D eigenvalue weighted by Crippen LogP contribution is 2.27. The van der Waals surface area contributed by atoms with Gasteiger partial charge in [-0.15, -0.1) is 11.3 Å². The highest BCUT2D eigenvalue weighted by Gasteiger charge is 2.29. The Hall–Kier alpha value is -2.55. The number of alkyl carbamates (subject to hydrolysis) is 1. The van der Waals surface area contributed by atoms with E-state index in [1.54, 1.807) is 0 Å². The predicted molar refractivity (Wildman–Crippen MR) is 105 cm³/mol. The molecule has 0 aliphatic rings. The zero-order valence-corrected chi connectivity index (χ0v) is 16.9. The van der Waals surface area contributed by atoms with Gasteiger partial charge >= 0.3 is 12.3 Å². The molecule has 0 spiro atoms. The van der Waals surface area contributed by atoms with E-state index in [9.17, 15) is 22.8 Å². The van der Waals surface area contributed by atoms with E-state index >= 15 is 0 Å². The second kappa shape index (κ2) is 10.3. The molecule has 158 valence electrons. The van der Waals surface area contributed by atoms with Crippen LogP contribution < -0.4 is 10.6 Å². The molecule has 1 heterocycles. The Morgan fingerprint density at radius 2 is 1.76 bits per heavy atom. The van der Waals surface area contributed by atoms with E-state index in [0.717, 1.165) is 10.4 Å². The van der Waals surface area contributed by atoms with Crippen molar-refractivity contribution >= 4 is 23.3 Å². The van der Waals surface area contributed by atoms with Crippen LogP contribution >= 0.6 is 11.3 Å². The molecule has 0 bridgehead atoms. The van der Waals surface area contributed by atoms with Crippen molar-refractivity contribution in [1.82, 2.24) is 10.6 Å². The maximum absolute atomic E-state index is 12.3. The second-order valence-corrected chi connectivity index (χ2v) is 7.68. The van der Waals surface area contributed by atoms with E-state index in [2.05, 4.69) is 29.2 Å². The number of alkyl halides is 3. The molecule has 1 atom stereocenters. The fourth-order valence-corrected chi connectivity index (χ4v) is 3.36. The standard InChI is InChI=1S/C20H23F3N2O3S/c1-13(2)14-5-7-15(8-6-14)18(16-4-3-11-29-16)25-17(26)9-10-24-19(27)28-12-20(21,22)23/h3-8,11,13,18H,9-10,12H2,1-2H3,(H,24,27)(H,25,26). The van der Waals surface area contributed by atoms with Crippen LogP contribution in [-0.2, 0) is 9.53 Å². The van der Waals surface area contributed by atoms with Crippen molar-refractivity contribution in [2.75, 3.05) is 13.2 Å². The third-order valence-corrected chi connectivity index (χ3v) is 4.99. The monoisotopic (exact) mass is 428 g/mol. The number of halogens is 3. The van der Waals surface area contributed by atoms with Crippen LogP contribution in [-0.4, -0.2) is 31.3 Å². The molecule has 0 aliphatic carbocycles. The van der Waals surface area contributed by atoms with Crippen LogP contribution in [0.5, 0.6) is 0 Å². The average molecular weight is 428 g/mol. The van der Waals surface area contributed by atoms with Crippen molar-refractivity contribution in [2.45, 2.75) is 38.4 Å². The smallest absolute Gasteiger partial charge is 0.422 e. The van der Waals surface area contributed by atoms with Crippen molar-refractivity contribution in [3.05, 3.63) is 57.8 Å². The lowest BCUT2D eigenvalue weighted by Crippen LogP contribution is -2.34. The molecule has 5 nitrogen and oxygen atoms in total. The molecule has 0 aliphatic heterocycles. The van der Waals surface area contributed by atoms with Crippen LogP contribution in [0.1, 0.15) is 48.2 Å². The number of hydrogen-bond donors (Lipinski definition) is 2. The minimum atomic E-state index is -4.59. The highest BCUT2D eigenvalue weighted by molar-refractivity contribution is 7.10. The molecule has 2 aromatic rings. The Labute approximate surface area is 171 Å². The molecular formula is C20H23F3N2O3S. The van der Waals surface area contributed by atoms with Gasteiger partial charge in [0.05, 0.1) is 6.04 Å². The molecule has 0 fully saturated rings. The van der Waals surface area contributed by atoms with Gasteiger partial charge in [-0.1, -0.05) is 44.2 Å². The Morgan fingerprint density at radius 3 is 2.31 bits per heavy atom. The molecule has 1 aromatic heterocycles. The van der Waals surface area contributed by atoms with Crippen LogP contribution in [0.2, 0.25) is 0 Å². The van der Waals surface area contributed by atoms with Gasteiger partial charge in [0.15, 0.2) is 6.61 Å². The zero-order valence-electron chi connectivity index (χ0n) is 16.1. The van der Waals surface area contributed by atoms with Crippen molar-refractivity contribution in [2.24, 2.45) is 0 Å². The van der Waals surface area contributed by atoms with Gasteiger partial charge in [0.1, 0.15) is 0 Å². The molecule has 1 aromatic carbocycles. The van der Waals surface area contributed by atoms with Crippen LogP contribution in [0.25, 0.3) is 0 Å². The first-order valence-electron chi connectivity index (χ1n) is 9.05. The van der Waals surface area contributed by atoms with Gasteiger partial charge in [-0.25, -0.2) is 4.79 Å². The molecule has 2 amide bonds. The highest BCUT2D eigenvalue weighted by atomic mass is 32.1. The summed E-state index contributed by atoms with van der Waals surface area (Å²) in [6, 6.07) is 11.4. The van der Waals surface area contributed by atoms with Gasteiger partial charge in [-0.2, -0.15) is 13.2 Å². The van der Waals surface area contributed by atoms with Gasteiger partial charge < -0.3 is 15.4 Å². The van der Waals surface area contributed by atoms with Gasteiger partial charge in [0.2, 0.25) is 5.91 Å². The lowest BCUT2D eigenvalue weighted by Gasteiger charge is -2.19. The topological polar surface area (TPSA) is 67.4 Å².